The van der Waals surface area contributed by atoms with Gasteiger partial charge in [-0.1, -0.05) is 0 Å². The van der Waals surface area contributed by atoms with Crippen LogP contribution in [0.3, 0.4) is 0 Å². The lowest BCUT2D eigenvalue weighted by Crippen LogP contribution is -2.53. The van der Waals surface area contributed by atoms with Crippen LogP contribution in [-0.2, 0) is 0 Å². The van der Waals surface area contributed by atoms with Crippen molar-refractivity contribution in [2.75, 3.05) is 29.4 Å². The van der Waals surface area contributed by atoms with E-state index in [0.29, 0.717) is 0 Å². The smallest absolute Gasteiger partial charge is 0.225 e. The first-order chi connectivity index (χ1) is 10.9. The number of nitrogens with zero attached hydrogens (tertiary/aromatic N) is 5. The predicted molar refractivity (Wildman–Crippen MR) is 87.0 cm³/mol. The first-order valence-electron chi connectivity index (χ1n) is 8.07. The molecule has 5 nitrogen and oxygen atoms in total. The summed E-state index contributed by atoms with van der Waals surface area (Å²) in [5.41, 5.74) is 1.54. The third-order valence-electron chi connectivity index (χ3n) is 5.11. The summed E-state index contributed by atoms with van der Waals surface area (Å²) >= 11 is 0. The summed E-state index contributed by atoms with van der Waals surface area (Å²) < 4.78 is 0. The highest BCUT2D eigenvalue weighted by Crippen LogP contribution is 2.40. The first kappa shape index (κ1) is 13.5. The molecule has 0 saturated carbocycles. The lowest BCUT2D eigenvalue weighted by atomic mass is 9.85. The van der Waals surface area contributed by atoms with Crippen LogP contribution in [0.25, 0.3) is 0 Å². The number of rotatable bonds is 2. The van der Waals surface area contributed by atoms with Crippen LogP contribution in [0.4, 0.5) is 11.6 Å². The van der Waals surface area contributed by atoms with Crippen LogP contribution >= 0.6 is 0 Å². The first-order valence-corrected chi connectivity index (χ1v) is 8.07. The molecule has 0 amide bonds. The Balaban J connectivity index is 1.52. The van der Waals surface area contributed by atoms with Gasteiger partial charge in [0.2, 0.25) is 5.95 Å². The van der Waals surface area contributed by atoms with Crippen molar-refractivity contribution in [1.29, 1.82) is 0 Å². The second-order valence-electron chi connectivity index (χ2n) is 6.22. The molecule has 0 aliphatic carbocycles. The molecule has 2 aliphatic heterocycles. The Morgan fingerprint density at radius 1 is 0.864 bits per heavy atom. The van der Waals surface area contributed by atoms with E-state index in [1.165, 1.54) is 31.4 Å². The van der Waals surface area contributed by atoms with Crippen LogP contribution in [0, 0.1) is 0 Å². The minimum atomic E-state index is 0.255. The van der Waals surface area contributed by atoms with Crippen LogP contribution in [0.2, 0.25) is 0 Å². The molecule has 2 fully saturated rings. The second kappa shape index (κ2) is 5.55. The number of aromatic nitrogens is 3. The average molecular weight is 295 g/mol. The molecule has 0 radical (unpaired) electrons. The van der Waals surface area contributed by atoms with Crippen molar-refractivity contribution in [3.63, 3.8) is 0 Å². The summed E-state index contributed by atoms with van der Waals surface area (Å²) in [6.07, 6.45) is 12.3. The Morgan fingerprint density at radius 3 is 2.32 bits per heavy atom. The fourth-order valence-corrected chi connectivity index (χ4v) is 3.94. The lowest BCUT2D eigenvalue weighted by Gasteiger charge is -2.45. The molecule has 2 aromatic rings. The zero-order valence-corrected chi connectivity index (χ0v) is 12.7. The van der Waals surface area contributed by atoms with E-state index in [2.05, 4.69) is 36.9 Å². The van der Waals surface area contributed by atoms with E-state index in [-0.39, 0.29) is 5.54 Å². The highest BCUT2D eigenvalue weighted by Gasteiger charge is 2.44. The third-order valence-corrected chi connectivity index (χ3v) is 5.11. The van der Waals surface area contributed by atoms with Gasteiger partial charge in [-0.2, -0.15) is 0 Å². The highest BCUT2D eigenvalue weighted by atomic mass is 15.3. The Morgan fingerprint density at radius 2 is 1.59 bits per heavy atom. The molecule has 0 bridgehead atoms. The largest absolute Gasteiger partial charge is 0.371 e. The van der Waals surface area contributed by atoms with E-state index in [4.69, 9.17) is 0 Å². The van der Waals surface area contributed by atoms with E-state index >= 15 is 0 Å². The van der Waals surface area contributed by atoms with Gasteiger partial charge in [-0.25, -0.2) is 9.97 Å². The van der Waals surface area contributed by atoms with Crippen LogP contribution in [0.5, 0.6) is 0 Å². The van der Waals surface area contributed by atoms with Gasteiger partial charge >= 0.3 is 0 Å². The number of hydrogen-bond donors (Lipinski definition) is 0. The molecule has 0 unspecified atom stereocenters. The van der Waals surface area contributed by atoms with E-state index in [1.807, 2.05) is 30.9 Å². The molecule has 22 heavy (non-hydrogen) atoms. The van der Waals surface area contributed by atoms with Crippen LogP contribution < -0.4 is 9.80 Å². The molecule has 0 atom stereocenters. The van der Waals surface area contributed by atoms with E-state index in [0.717, 1.165) is 25.6 Å². The molecular weight excluding hydrogens is 274 g/mol. The second-order valence-corrected chi connectivity index (χ2v) is 6.22. The van der Waals surface area contributed by atoms with Crippen molar-refractivity contribution in [3.8, 4) is 0 Å². The van der Waals surface area contributed by atoms with E-state index < -0.39 is 0 Å². The predicted octanol–water partition coefficient (Wildman–Crippen LogP) is 2.51. The number of hydrogen-bond acceptors (Lipinski definition) is 5. The van der Waals surface area contributed by atoms with Crippen molar-refractivity contribution in [2.45, 2.75) is 31.2 Å². The normalized spacial score (nSPS) is 20.5. The fourth-order valence-electron chi connectivity index (χ4n) is 3.94. The third kappa shape index (κ3) is 2.30. The summed E-state index contributed by atoms with van der Waals surface area (Å²) in [7, 11) is 0. The summed E-state index contributed by atoms with van der Waals surface area (Å²) in [5, 5.41) is 0. The number of pyridine rings is 1. The summed E-state index contributed by atoms with van der Waals surface area (Å²) in [5.74, 6) is 0.900. The Labute approximate surface area is 131 Å². The summed E-state index contributed by atoms with van der Waals surface area (Å²) in [4.78, 5) is 18.0. The van der Waals surface area contributed by atoms with Crippen molar-refractivity contribution in [1.82, 2.24) is 15.0 Å². The van der Waals surface area contributed by atoms with Crippen molar-refractivity contribution in [3.05, 3.63) is 43.0 Å². The van der Waals surface area contributed by atoms with Gasteiger partial charge in [0.15, 0.2) is 0 Å². The molecule has 2 saturated heterocycles. The Hall–Kier alpha value is -2.17. The Kier molecular flexibility index (Phi) is 3.41. The van der Waals surface area contributed by atoms with Gasteiger partial charge in [0.25, 0.3) is 0 Å². The van der Waals surface area contributed by atoms with Gasteiger partial charge in [-0.15, -0.1) is 0 Å². The molecule has 4 rings (SSSR count). The zero-order chi connectivity index (χ0) is 14.8. The SMILES string of the molecule is c1cnc(N2CCCC23CCN(c2ccncc2)CC3)nc1. The van der Waals surface area contributed by atoms with Crippen LogP contribution in [0.15, 0.2) is 43.0 Å². The van der Waals surface area contributed by atoms with Gasteiger partial charge < -0.3 is 9.80 Å². The molecular formula is C17H21N5. The monoisotopic (exact) mass is 295 g/mol. The molecule has 5 heteroatoms. The maximum atomic E-state index is 4.48. The van der Waals surface area contributed by atoms with E-state index in [9.17, 15) is 0 Å². The molecule has 4 heterocycles. The maximum absolute atomic E-state index is 4.48. The van der Waals surface area contributed by atoms with Crippen LogP contribution in [-0.4, -0.2) is 40.1 Å². The minimum Gasteiger partial charge on any atom is -0.371 e. The maximum Gasteiger partial charge on any atom is 0.225 e. The van der Waals surface area contributed by atoms with Gasteiger partial charge in [0, 0.05) is 55.6 Å². The van der Waals surface area contributed by atoms with Gasteiger partial charge in [-0.05, 0) is 43.9 Å². The molecule has 1 spiro atoms. The van der Waals surface area contributed by atoms with Crippen molar-refractivity contribution >= 4 is 11.6 Å². The van der Waals surface area contributed by atoms with Crippen molar-refractivity contribution < 1.29 is 0 Å². The molecule has 0 aromatic carbocycles. The lowest BCUT2D eigenvalue weighted by molar-refractivity contribution is 0.331. The minimum absolute atomic E-state index is 0.255. The molecule has 114 valence electrons. The molecule has 2 aliphatic rings. The van der Waals surface area contributed by atoms with Gasteiger partial charge in [0.1, 0.15) is 0 Å². The standard InChI is InChI=1S/C17H21N5/c1-5-17(22(12-1)16-19-8-2-9-20-16)6-13-21(14-7-17)15-3-10-18-11-4-15/h2-4,8-11H,1,5-7,12-14H2. The number of anilines is 2. The Bertz CT molecular complexity index is 607. The molecule has 2 aromatic heterocycles. The quantitative estimate of drug-likeness (QED) is 0.852. The van der Waals surface area contributed by atoms with Crippen LogP contribution in [0.1, 0.15) is 25.7 Å². The highest BCUT2D eigenvalue weighted by molar-refractivity contribution is 5.47. The number of piperidine rings is 1. The zero-order valence-electron chi connectivity index (χ0n) is 12.7. The van der Waals surface area contributed by atoms with Gasteiger partial charge in [0.05, 0.1) is 0 Å². The van der Waals surface area contributed by atoms with Gasteiger partial charge in [-0.3, -0.25) is 4.98 Å². The van der Waals surface area contributed by atoms with E-state index in [1.54, 1.807) is 0 Å². The topological polar surface area (TPSA) is 45.2 Å². The molecule has 0 N–H and O–H groups in total. The average Bonchev–Trinajstić information content (AvgIpc) is 3.00. The van der Waals surface area contributed by atoms with Crippen molar-refractivity contribution in [2.24, 2.45) is 0 Å². The summed E-state index contributed by atoms with van der Waals surface area (Å²) in [6, 6.07) is 6.09. The fraction of sp³-hybridized carbons (Fsp3) is 0.471. The summed E-state index contributed by atoms with van der Waals surface area (Å²) in [6.45, 7) is 3.26.